The molecule has 0 aromatic rings. The molecule has 0 saturated carbocycles. The summed E-state index contributed by atoms with van der Waals surface area (Å²) in [5.74, 6) is 0. The van der Waals surface area contributed by atoms with Gasteiger partial charge in [-0.15, -0.1) is 0 Å². The minimum absolute atomic E-state index is 0.207. The number of nitrogens with zero attached hydrogens (tertiary/aromatic N) is 1. The fourth-order valence-corrected chi connectivity index (χ4v) is 4.36. The maximum absolute atomic E-state index is 12.3. The van der Waals surface area contributed by atoms with Crippen molar-refractivity contribution in [3.63, 3.8) is 0 Å². The van der Waals surface area contributed by atoms with Gasteiger partial charge in [-0.2, -0.15) is 0 Å². The quantitative estimate of drug-likeness (QED) is 0.758. The van der Waals surface area contributed by atoms with Crippen molar-refractivity contribution in [2.45, 2.75) is 31.3 Å². The first-order valence-corrected chi connectivity index (χ1v) is 9.16. The van der Waals surface area contributed by atoms with Gasteiger partial charge >= 0.3 is 0 Å². The molecule has 6 heteroatoms. The van der Waals surface area contributed by atoms with Crippen LogP contribution in [0.1, 0.15) is 26.7 Å². The number of amidine groups is 1. The van der Waals surface area contributed by atoms with Gasteiger partial charge in [0.2, 0.25) is 0 Å². The van der Waals surface area contributed by atoms with Crippen molar-refractivity contribution in [2.75, 3.05) is 6.54 Å². The minimum atomic E-state index is -3.40. The van der Waals surface area contributed by atoms with E-state index < -0.39 is 14.4 Å². The van der Waals surface area contributed by atoms with Gasteiger partial charge in [0.1, 0.15) is 4.58 Å². The summed E-state index contributed by atoms with van der Waals surface area (Å²) in [5.41, 5.74) is 5.50. The van der Waals surface area contributed by atoms with E-state index in [2.05, 4.69) is 32.0 Å². The standard InChI is InChI=1S/C12H16N2O2S2.C3H8/c1-3-5-6-8-10(7-4-2)18(15,16)11-9-14-12(13)17-11;1-3-2/h3-7,11H,1-2,8-9H2,(H2,13,14);3H2,1-2H3/b6-5-,10-7+;. The molecular weight excluding hydrogens is 304 g/mol. The lowest BCUT2D eigenvalue weighted by molar-refractivity contribution is 0.599. The molecule has 0 bridgehead atoms. The fourth-order valence-electron chi connectivity index (χ4n) is 1.39. The second-order valence-electron chi connectivity index (χ2n) is 4.22. The third-order valence-electron chi connectivity index (χ3n) is 2.25. The van der Waals surface area contributed by atoms with Crippen LogP contribution in [0, 0.1) is 0 Å². The topological polar surface area (TPSA) is 72.5 Å². The largest absolute Gasteiger partial charge is 0.379 e. The van der Waals surface area contributed by atoms with Crippen LogP contribution in [-0.2, 0) is 9.84 Å². The second-order valence-corrected chi connectivity index (χ2v) is 7.92. The van der Waals surface area contributed by atoms with Crippen molar-refractivity contribution >= 4 is 26.8 Å². The van der Waals surface area contributed by atoms with Gasteiger partial charge in [-0.3, -0.25) is 4.99 Å². The number of rotatable bonds is 6. The summed E-state index contributed by atoms with van der Waals surface area (Å²) < 4.78 is 24.1. The van der Waals surface area contributed by atoms with Crippen molar-refractivity contribution in [2.24, 2.45) is 10.7 Å². The molecular formula is C15H24N2O2S2. The number of aliphatic imine (C=N–C) groups is 1. The molecule has 1 aliphatic rings. The zero-order valence-electron chi connectivity index (χ0n) is 12.7. The van der Waals surface area contributed by atoms with E-state index in [1.54, 1.807) is 18.2 Å². The Balaban J connectivity index is 0.00000122. The van der Waals surface area contributed by atoms with Gasteiger partial charge in [0.05, 0.1) is 6.54 Å². The third-order valence-corrected chi connectivity index (χ3v) is 5.96. The Morgan fingerprint density at radius 3 is 2.48 bits per heavy atom. The molecule has 0 amide bonds. The van der Waals surface area contributed by atoms with E-state index >= 15 is 0 Å². The van der Waals surface area contributed by atoms with E-state index in [1.165, 1.54) is 18.6 Å². The normalized spacial score (nSPS) is 18.9. The highest BCUT2D eigenvalue weighted by atomic mass is 32.3. The third kappa shape index (κ3) is 6.82. The summed E-state index contributed by atoms with van der Waals surface area (Å²) in [4.78, 5) is 4.23. The summed E-state index contributed by atoms with van der Waals surface area (Å²) in [7, 11) is -3.40. The lowest BCUT2D eigenvalue weighted by atomic mass is 10.3. The summed E-state index contributed by atoms with van der Waals surface area (Å²) in [6, 6.07) is 0. The Hall–Kier alpha value is -1.27. The Labute approximate surface area is 132 Å². The highest BCUT2D eigenvalue weighted by Gasteiger charge is 2.33. The van der Waals surface area contributed by atoms with Crippen molar-refractivity contribution in [3.05, 3.63) is 48.4 Å². The number of allylic oxidation sites excluding steroid dienone is 6. The van der Waals surface area contributed by atoms with Crippen LogP contribution >= 0.6 is 11.8 Å². The monoisotopic (exact) mass is 328 g/mol. The molecule has 0 spiro atoms. The van der Waals surface area contributed by atoms with Crippen molar-refractivity contribution in [1.29, 1.82) is 0 Å². The maximum Gasteiger partial charge on any atom is 0.189 e. The molecule has 2 N–H and O–H groups in total. The predicted octanol–water partition coefficient (Wildman–Crippen LogP) is 3.41. The molecule has 0 fully saturated rings. The molecule has 0 aliphatic carbocycles. The molecule has 0 aromatic carbocycles. The summed E-state index contributed by atoms with van der Waals surface area (Å²) in [5, 5.41) is 0.322. The van der Waals surface area contributed by atoms with Crippen molar-refractivity contribution in [3.8, 4) is 0 Å². The van der Waals surface area contributed by atoms with E-state index in [1.807, 2.05) is 0 Å². The first-order valence-electron chi connectivity index (χ1n) is 6.73. The second kappa shape index (κ2) is 10.5. The summed E-state index contributed by atoms with van der Waals surface area (Å²) in [6.45, 7) is 11.5. The lowest BCUT2D eigenvalue weighted by Gasteiger charge is -2.11. The molecule has 0 aromatic heterocycles. The van der Waals surface area contributed by atoms with E-state index in [0.29, 0.717) is 16.5 Å². The molecule has 0 radical (unpaired) electrons. The number of sulfone groups is 1. The molecule has 1 rings (SSSR count). The summed E-state index contributed by atoms with van der Waals surface area (Å²) >= 11 is 1.09. The van der Waals surface area contributed by atoms with Crippen LogP contribution in [-0.4, -0.2) is 24.7 Å². The van der Waals surface area contributed by atoms with Crippen LogP contribution in [0.5, 0.6) is 0 Å². The SMILES string of the molecule is C=C/C=C\C/C(=C\C=C)S(=O)(=O)C1CN=C(N)S1.CCC. The molecule has 4 nitrogen and oxygen atoms in total. The predicted molar refractivity (Wildman–Crippen MR) is 95.0 cm³/mol. The Kier molecular flexibility index (Phi) is 9.82. The smallest absolute Gasteiger partial charge is 0.189 e. The molecule has 1 unspecified atom stereocenters. The van der Waals surface area contributed by atoms with E-state index in [-0.39, 0.29) is 6.54 Å². The van der Waals surface area contributed by atoms with Crippen molar-refractivity contribution < 1.29 is 8.42 Å². The Morgan fingerprint density at radius 2 is 2.05 bits per heavy atom. The number of hydrogen-bond donors (Lipinski definition) is 1. The fraction of sp³-hybridized carbons (Fsp3) is 0.400. The zero-order chi connectivity index (χ0) is 16.3. The average Bonchev–Trinajstić information content (AvgIpc) is 2.86. The maximum atomic E-state index is 12.3. The molecule has 118 valence electrons. The number of thioether (sulfide) groups is 1. The van der Waals surface area contributed by atoms with Crippen molar-refractivity contribution in [1.82, 2.24) is 0 Å². The van der Waals surface area contributed by atoms with Crippen LogP contribution in [0.25, 0.3) is 0 Å². The van der Waals surface area contributed by atoms with Gasteiger partial charge in [0.25, 0.3) is 0 Å². The van der Waals surface area contributed by atoms with Crippen LogP contribution in [0.4, 0.5) is 0 Å². The van der Waals surface area contributed by atoms with Gasteiger partial charge in [0.15, 0.2) is 15.0 Å². The number of hydrogen-bond acceptors (Lipinski definition) is 5. The van der Waals surface area contributed by atoms with Crippen LogP contribution in [0.2, 0.25) is 0 Å². The van der Waals surface area contributed by atoms with Gasteiger partial charge in [-0.1, -0.05) is 69.5 Å². The average molecular weight is 329 g/mol. The van der Waals surface area contributed by atoms with E-state index in [0.717, 1.165) is 11.8 Å². The Bertz CT molecular complexity index is 532. The molecule has 1 atom stereocenters. The highest BCUT2D eigenvalue weighted by molar-refractivity contribution is 8.23. The van der Waals surface area contributed by atoms with E-state index in [9.17, 15) is 8.42 Å². The first kappa shape index (κ1) is 19.7. The van der Waals surface area contributed by atoms with Gasteiger partial charge < -0.3 is 5.73 Å². The lowest BCUT2D eigenvalue weighted by Crippen LogP contribution is -2.21. The Morgan fingerprint density at radius 1 is 1.43 bits per heavy atom. The molecule has 0 saturated heterocycles. The minimum Gasteiger partial charge on any atom is -0.379 e. The molecule has 1 aliphatic heterocycles. The zero-order valence-corrected chi connectivity index (χ0v) is 14.3. The molecule has 1 heterocycles. The van der Waals surface area contributed by atoms with E-state index in [4.69, 9.17) is 5.73 Å². The van der Waals surface area contributed by atoms with Gasteiger partial charge in [0, 0.05) is 11.3 Å². The van der Waals surface area contributed by atoms with Gasteiger partial charge in [-0.05, 0) is 6.08 Å². The molecule has 21 heavy (non-hydrogen) atoms. The van der Waals surface area contributed by atoms with Crippen LogP contribution < -0.4 is 5.73 Å². The van der Waals surface area contributed by atoms with Crippen LogP contribution in [0.15, 0.2) is 53.4 Å². The van der Waals surface area contributed by atoms with Crippen LogP contribution in [0.3, 0.4) is 0 Å². The first-order chi connectivity index (χ1) is 9.93. The summed E-state index contributed by atoms with van der Waals surface area (Å²) in [6.07, 6.45) is 9.60. The van der Waals surface area contributed by atoms with Gasteiger partial charge in [-0.25, -0.2) is 8.42 Å². The highest BCUT2D eigenvalue weighted by Crippen LogP contribution is 2.29. The number of nitrogens with two attached hydrogens (primary N) is 1.